The highest BCUT2D eigenvalue weighted by molar-refractivity contribution is 6.33. The summed E-state index contributed by atoms with van der Waals surface area (Å²) < 4.78 is 53.4. The van der Waals surface area contributed by atoms with Crippen LogP contribution in [0.25, 0.3) is 11.1 Å². The zero-order valence-corrected chi connectivity index (χ0v) is 16.3. The first-order valence-electron chi connectivity index (χ1n) is 12.3. The molecule has 0 aliphatic carbocycles. The molecule has 7 heteroatoms. The van der Waals surface area contributed by atoms with E-state index >= 15 is 0 Å². The largest absolute Gasteiger partial charge is 0.394 e. The van der Waals surface area contributed by atoms with Gasteiger partial charge in [-0.15, -0.1) is 0 Å². The van der Waals surface area contributed by atoms with E-state index in [2.05, 4.69) is 20.6 Å². The Morgan fingerprint density at radius 3 is 2.93 bits per heavy atom. The number of carbonyl (C=O) groups excluding carboxylic acids is 1. The van der Waals surface area contributed by atoms with Crippen LogP contribution in [0.4, 0.5) is 5.82 Å². The number of benzene rings is 1. The van der Waals surface area contributed by atoms with Crippen molar-refractivity contribution in [1.29, 1.82) is 0 Å². The number of aromatic nitrogens is 2. The third kappa shape index (κ3) is 5.16. The van der Waals surface area contributed by atoms with Crippen LogP contribution >= 0.6 is 11.6 Å². The predicted octanol–water partition coefficient (Wildman–Crippen LogP) is 4.32. The number of aliphatic hydroxyl groups excluding tert-OH is 1. The Labute approximate surface area is 185 Å². The van der Waals surface area contributed by atoms with Crippen LogP contribution in [-0.4, -0.2) is 33.6 Å². The molecule has 3 aromatic rings. The molecule has 6 nitrogen and oxygen atoms in total. The van der Waals surface area contributed by atoms with Gasteiger partial charge in [-0.2, -0.15) is 0 Å². The average Bonchev–Trinajstić information content (AvgIpc) is 3.27. The fourth-order valence-electron chi connectivity index (χ4n) is 2.89. The van der Waals surface area contributed by atoms with Crippen LogP contribution in [-0.2, 0) is 0 Å². The van der Waals surface area contributed by atoms with Crippen LogP contribution in [0.15, 0.2) is 48.8 Å². The Balaban J connectivity index is 1.86. The number of halogens is 1. The molecule has 0 spiro atoms. The first-order valence-corrected chi connectivity index (χ1v) is 9.15. The van der Waals surface area contributed by atoms with Gasteiger partial charge in [-0.3, -0.25) is 4.79 Å². The average molecular weight is 420 g/mol. The fraction of sp³-hybridized carbons (Fsp3) is 0.273. The maximum Gasteiger partial charge on any atom is 0.268 e. The minimum absolute atomic E-state index is 0.151. The molecule has 0 saturated carbocycles. The van der Waals surface area contributed by atoms with E-state index in [1.165, 1.54) is 24.5 Å². The number of aromatic amines is 1. The van der Waals surface area contributed by atoms with Gasteiger partial charge in [-0.25, -0.2) is 4.98 Å². The van der Waals surface area contributed by atoms with Crippen LogP contribution < -0.4 is 10.6 Å². The lowest BCUT2D eigenvalue weighted by atomic mass is 10.0. The lowest BCUT2D eigenvalue weighted by Crippen LogP contribution is -2.31. The molecule has 4 N–H and O–H groups in total. The topological polar surface area (TPSA) is 90.0 Å². The van der Waals surface area contributed by atoms with Crippen molar-refractivity contribution in [3.63, 3.8) is 0 Å². The second kappa shape index (κ2) is 9.11. The molecule has 1 amide bonds. The van der Waals surface area contributed by atoms with E-state index in [4.69, 9.17) is 21.2 Å². The molecule has 0 fully saturated rings. The van der Waals surface area contributed by atoms with Crippen molar-refractivity contribution in [1.82, 2.24) is 15.3 Å². The third-order valence-electron chi connectivity index (χ3n) is 4.28. The Bertz CT molecular complexity index is 1230. The van der Waals surface area contributed by atoms with Crippen LogP contribution in [0, 0.1) is 6.92 Å². The number of aryl methyl sites for hydroxylation is 1. The van der Waals surface area contributed by atoms with Crippen molar-refractivity contribution >= 4 is 23.3 Å². The Hall–Kier alpha value is -2.83. The predicted molar refractivity (Wildman–Crippen MR) is 116 cm³/mol. The zero-order valence-electron chi connectivity index (χ0n) is 22.6. The van der Waals surface area contributed by atoms with Gasteiger partial charge in [0.1, 0.15) is 11.5 Å². The lowest BCUT2D eigenvalue weighted by molar-refractivity contribution is 0.0911. The normalized spacial score (nSPS) is 16.9. The Morgan fingerprint density at radius 1 is 1.38 bits per heavy atom. The van der Waals surface area contributed by atoms with Gasteiger partial charge < -0.3 is 20.7 Å². The molecular weight excluding hydrogens is 388 g/mol. The number of nitrogens with one attached hydrogen (secondary N) is 3. The number of carbonyl (C=O) groups is 1. The molecule has 152 valence electrons. The molecule has 3 rings (SSSR count). The number of rotatable bonds is 7. The smallest absolute Gasteiger partial charge is 0.268 e. The maximum absolute atomic E-state index is 12.8. The van der Waals surface area contributed by atoms with Gasteiger partial charge in [-0.05, 0) is 38.3 Å². The van der Waals surface area contributed by atoms with Crippen molar-refractivity contribution in [2.45, 2.75) is 32.7 Å². The number of aliphatic hydroxyl groups is 1. The highest BCUT2D eigenvalue weighted by Crippen LogP contribution is 2.30. The van der Waals surface area contributed by atoms with Crippen molar-refractivity contribution in [2.24, 2.45) is 0 Å². The summed E-state index contributed by atoms with van der Waals surface area (Å²) in [5, 5.41) is 14.9. The van der Waals surface area contributed by atoms with Crippen LogP contribution in [0.3, 0.4) is 0 Å². The van der Waals surface area contributed by atoms with E-state index in [1.807, 2.05) is 25.1 Å². The Kier molecular flexibility index (Phi) is 4.21. The van der Waals surface area contributed by atoms with E-state index in [0.29, 0.717) is 11.1 Å². The van der Waals surface area contributed by atoms with E-state index in [0.717, 1.165) is 11.1 Å². The van der Waals surface area contributed by atoms with Crippen molar-refractivity contribution in [3.05, 3.63) is 70.6 Å². The number of H-pyrrole nitrogens is 1. The van der Waals surface area contributed by atoms with Gasteiger partial charge in [0.25, 0.3) is 5.91 Å². The van der Waals surface area contributed by atoms with E-state index in [1.54, 1.807) is 6.07 Å². The van der Waals surface area contributed by atoms with Gasteiger partial charge in [-0.1, -0.05) is 41.4 Å². The fourth-order valence-corrected chi connectivity index (χ4v) is 3.11. The molecule has 0 saturated heterocycles. The maximum atomic E-state index is 12.8. The standard InChI is InChI=1S/C22H25ClN4O2/c1-13(2)26-21-9-17(18(23)11-25-21)16-8-19(24-10-16)22(29)27-20(12-28)15-6-4-5-14(3)7-15/h4-11,13,20,24,28H,12H2,1-3H3,(H,25,26)(H,27,29)/t20-/m1/s1/i1D3,2D3,13D. The molecule has 2 aromatic heterocycles. The first kappa shape index (κ1) is 13.4. The van der Waals surface area contributed by atoms with Gasteiger partial charge in [0.2, 0.25) is 0 Å². The SMILES string of the molecule is [2H]C([2H])([2H])C([2H])(Nc1cc(-c2c[nH]c(C(=O)N[C@H](CO)c3cccc(C)c3)c2)c(Cl)cn1)C([2H])([2H])[2H]. The summed E-state index contributed by atoms with van der Waals surface area (Å²) in [6, 6.07) is 6.53. The molecule has 0 aliphatic rings. The third-order valence-corrected chi connectivity index (χ3v) is 4.58. The van der Waals surface area contributed by atoms with E-state index in [-0.39, 0.29) is 23.1 Å². The van der Waals surface area contributed by atoms with Gasteiger partial charge in [0.05, 0.1) is 19.0 Å². The second-order valence-corrected chi connectivity index (χ2v) is 6.88. The minimum atomic E-state index is -3.19. The van der Waals surface area contributed by atoms with Crippen LogP contribution in [0.5, 0.6) is 0 Å². The molecule has 29 heavy (non-hydrogen) atoms. The highest BCUT2D eigenvalue weighted by Gasteiger charge is 2.17. The molecule has 0 aliphatic heterocycles. The summed E-state index contributed by atoms with van der Waals surface area (Å²) in [7, 11) is 0. The van der Waals surface area contributed by atoms with E-state index in [9.17, 15) is 9.90 Å². The van der Waals surface area contributed by atoms with Crippen molar-refractivity contribution < 1.29 is 19.5 Å². The van der Waals surface area contributed by atoms with Gasteiger partial charge in [0.15, 0.2) is 0 Å². The molecule has 0 radical (unpaired) electrons. The monoisotopic (exact) mass is 419 g/mol. The Morgan fingerprint density at radius 2 is 2.21 bits per heavy atom. The van der Waals surface area contributed by atoms with Gasteiger partial charge >= 0.3 is 0 Å². The molecular formula is C22H25ClN4O2. The summed E-state index contributed by atoms with van der Waals surface area (Å²) in [5.74, 6) is -0.677. The molecule has 0 bridgehead atoms. The number of hydrogen-bond donors (Lipinski definition) is 4. The van der Waals surface area contributed by atoms with E-state index < -0.39 is 31.7 Å². The number of hydrogen-bond acceptors (Lipinski definition) is 4. The van der Waals surface area contributed by atoms with Crippen LogP contribution in [0.1, 0.15) is 51.0 Å². The van der Waals surface area contributed by atoms with Crippen molar-refractivity contribution in [2.75, 3.05) is 11.9 Å². The summed E-state index contributed by atoms with van der Waals surface area (Å²) in [5.41, 5.74) is 2.64. The quantitative estimate of drug-likeness (QED) is 0.459. The van der Waals surface area contributed by atoms with Gasteiger partial charge in [0, 0.05) is 37.8 Å². The lowest BCUT2D eigenvalue weighted by Gasteiger charge is -2.16. The summed E-state index contributed by atoms with van der Waals surface area (Å²) in [6.45, 7) is -4.80. The zero-order chi connectivity index (χ0) is 26.9. The summed E-state index contributed by atoms with van der Waals surface area (Å²) in [6.07, 6.45) is 2.67. The number of anilines is 1. The minimum Gasteiger partial charge on any atom is -0.394 e. The van der Waals surface area contributed by atoms with Crippen molar-refractivity contribution in [3.8, 4) is 11.1 Å². The molecule has 0 unspecified atom stereocenters. The summed E-state index contributed by atoms with van der Waals surface area (Å²) in [4.78, 5) is 19.6. The molecule has 1 aromatic carbocycles. The first-order chi connectivity index (χ1) is 16.7. The van der Waals surface area contributed by atoms with Crippen LogP contribution in [0.2, 0.25) is 5.02 Å². The molecule has 1 atom stereocenters. The number of amides is 1. The highest BCUT2D eigenvalue weighted by atomic mass is 35.5. The molecule has 2 heterocycles. The number of nitrogens with zero attached hydrogens (tertiary/aromatic N) is 1. The second-order valence-electron chi connectivity index (χ2n) is 6.47. The number of pyridine rings is 1. The summed E-state index contributed by atoms with van der Waals surface area (Å²) >= 11 is 6.27.